The zero-order valence-corrected chi connectivity index (χ0v) is 17.4. The summed E-state index contributed by atoms with van der Waals surface area (Å²) in [4.78, 5) is 25.3. The fourth-order valence-corrected chi connectivity index (χ4v) is 2.77. The van der Waals surface area contributed by atoms with Crippen LogP contribution in [0.2, 0.25) is 5.02 Å². The number of amides is 1. The van der Waals surface area contributed by atoms with Crippen molar-refractivity contribution in [1.29, 1.82) is 0 Å². The molecule has 0 atom stereocenters. The van der Waals surface area contributed by atoms with Gasteiger partial charge in [-0.1, -0.05) is 35.9 Å². The summed E-state index contributed by atoms with van der Waals surface area (Å²) < 4.78 is 5.60. The molecule has 1 amide bonds. The van der Waals surface area contributed by atoms with Crippen LogP contribution in [0.3, 0.4) is 0 Å². The molecule has 152 valence electrons. The second-order valence-electron chi connectivity index (χ2n) is 6.22. The first-order chi connectivity index (χ1) is 14.0. The van der Waals surface area contributed by atoms with Gasteiger partial charge >= 0.3 is 0 Å². The van der Waals surface area contributed by atoms with E-state index in [0.29, 0.717) is 23.9 Å². The first-order valence-electron chi connectivity index (χ1n) is 9.35. The van der Waals surface area contributed by atoms with Crippen molar-refractivity contribution in [2.75, 3.05) is 18.1 Å². The zero-order chi connectivity index (χ0) is 21.1. The summed E-state index contributed by atoms with van der Waals surface area (Å²) in [5, 5.41) is 3.79. The Morgan fingerprint density at radius 1 is 1.10 bits per heavy atom. The van der Waals surface area contributed by atoms with Gasteiger partial charge in [0.15, 0.2) is 12.4 Å². The van der Waals surface area contributed by atoms with Crippen LogP contribution in [0.25, 0.3) is 0 Å². The van der Waals surface area contributed by atoms with E-state index in [9.17, 15) is 9.59 Å². The Morgan fingerprint density at radius 2 is 1.83 bits per heavy atom. The SMILES string of the molecule is CCN(C(=O)COc1ccc(Cl)cc1)c1ccccc1CN/C=C\C=C\C(C)=O. The van der Waals surface area contributed by atoms with Crippen LogP contribution in [-0.2, 0) is 16.1 Å². The van der Waals surface area contributed by atoms with Gasteiger partial charge in [-0.25, -0.2) is 0 Å². The number of rotatable bonds is 10. The molecule has 2 rings (SSSR count). The first kappa shape index (κ1) is 22.2. The lowest BCUT2D eigenvalue weighted by Gasteiger charge is -2.24. The standard InChI is InChI=1S/C23H25ClN2O3/c1-3-26(23(28)17-29-21-13-11-20(24)12-14-21)22-10-5-4-9-19(22)16-25-15-7-6-8-18(2)27/h4-15,25H,3,16-17H2,1-2H3/b8-6+,15-7-. The van der Waals surface area contributed by atoms with Gasteiger partial charge in [0.25, 0.3) is 5.91 Å². The molecule has 1 N–H and O–H groups in total. The van der Waals surface area contributed by atoms with Crippen LogP contribution in [0.5, 0.6) is 5.75 Å². The molecule has 0 aliphatic carbocycles. The average Bonchev–Trinajstić information content (AvgIpc) is 2.71. The van der Waals surface area contributed by atoms with Gasteiger partial charge in [0, 0.05) is 23.8 Å². The highest BCUT2D eigenvalue weighted by atomic mass is 35.5. The van der Waals surface area contributed by atoms with Crippen molar-refractivity contribution in [3.05, 3.63) is 83.5 Å². The number of ketones is 1. The molecule has 0 fully saturated rings. The van der Waals surface area contributed by atoms with Gasteiger partial charge in [0.05, 0.1) is 0 Å². The van der Waals surface area contributed by atoms with Gasteiger partial charge in [-0.15, -0.1) is 0 Å². The molecule has 5 nitrogen and oxygen atoms in total. The molecule has 0 aliphatic heterocycles. The third-order valence-electron chi connectivity index (χ3n) is 4.02. The summed E-state index contributed by atoms with van der Waals surface area (Å²) in [5.74, 6) is 0.463. The number of allylic oxidation sites excluding steroid dienone is 3. The normalized spacial score (nSPS) is 11.0. The molecular formula is C23H25ClN2O3. The Balaban J connectivity index is 2.01. The van der Waals surface area contributed by atoms with Crippen LogP contribution in [-0.4, -0.2) is 24.8 Å². The van der Waals surface area contributed by atoms with Crippen LogP contribution in [0.4, 0.5) is 5.69 Å². The highest BCUT2D eigenvalue weighted by Gasteiger charge is 2.17. The fraction of sp³-hybridized carbons (Fsp3) is 0.217. The van der Waals surface area contributed by atoms with E-state index in [4.69, 9.17) is 16.3 Å². The van der Waals surface area contributed by atoms with Gasteiger partial charge in [-0.05, 0) is 68.1 Å². The molecule has 0 aromatic heterocycles. The first-order valence-corrected chi connectivity index (χ1v) is 9.73. The number of carbonyl (C=O) groups excluding carboxylic acids is 2. The molecule has 0 heterocycles. The smallest absolute Gasteiger partial charge is 0.264 e. The van der Waals surface area contributed by atoms with E-state index >= 15 is 0 Å². The Hall–Kier alpha value is -3.05. The lowest BCUT2D eigenvalue weighted by atomic mass is 10.1. The van der Waals surface area contributed by atoms with E-state index in [2.05, 4.69) is 5.32 Å². The van der Waals surface area contributed by atoms with Gasteiger partial charge < -0.3 is 15.0 Å². The maximum absolute atomic E-state index is 12.7. The van der Waals surface area contributed by atoms with Gasteiger partial charge in [0.2, 0.25) is 0 Å². The number of halogens is 1. The second-order valence-corrected chi connectivity index (χ2v) is 6.66. The predicted molar refractivity (Wildman–Crippen MR) is 117 cm³/mol. The van der Waals surface area contributed by atoms with Crippen LogP contribution < -0.4 is 15.0 Å². The van der Waals surface area contributed by atoms with Crippen LogP contribution in [0.15, 0.2) is 73.0 Å². The minimum Gasteiger partial charge on any atom is -0.484 e. The lowest BCUT2D eigenvalue weighted by Crippen LogP contribution is -2.35. The highest BCUT2D eigenvalue weighted by molar-refractivity contribution is 6.30. The summed E-state index contributed by atoms with van der Waals surface area (Å²) in [6.45, 7) is 4.43. The van der Waals surface area contributed by atoms with Crippen molar-refractivity contribution in [2.45, 2.75) is 20.4 Å². The van der Waals surface area contributed by atoms with Gasteiger partial charge in [0.1, 0.15) is 5.75 Å². The molecule has 2 aromatic rings. The Bertz CT molecular complexity index is 876. The van der Waals surface area contributed by atoms with Crippen molar-refractivity contribution in [3.63, 3.8) is 0 Å². The zero-order valence-electron chi connectivity index (χ0n) is 16.6. The number of likely N-dealkylation sites (N-methyl/N-ethyl adjacent to an activating group) is 1. The summed E-state index contributed by atoms with van der Waals surface area (Å²) in [6, 6.07) is 14.6. The lowest BCUT2D eigenvalue weighted by molar-refractivity contribution is -0.120. The predicted octanol–water partition coefficient (Wildman–Crippen LogP) is 4.52. The minimum absolute atomic E-state index is 0.00193. The van der Waals surface area contributed by atoms with E-state index in [-0.39, 0.29) is 18.3 Å². The van der Waals surface area contributed by atoms with E-state index < -0.39 is 0 Å². The minimum atomic E-state index is -0.130. The van der Waals surface area contributed by atoms with E-state index in [1.807, 2.05) is 31.2 Å². The van der Waals surface area contributed by atoms with E-state index in [1.54, 1.807) is 47.5 Å². The Labute approximate surface area is 176 Å². The fourth-order valence-electron chi connectivity index (χ4n) is 2.64. The number of hydrogen-bond acceptors (Lipinski definition) is 4. The molecule has 0 unspecified atom stereocenters. The second kappa shape index (κ2) is 11.7. The van der Waals surface area contributed by atoms with Crippen molar-refractivity contribution in [1.82, 2.24) is 5.32 Å². The van der Waals surface area contributed by atoms with Crippen molar-refractivity contribution < 1.29 is 14.3 Å². The maximum Gasteiger partial charge on any atom is 0.264 e. The summed E-state index contributed by atoms with van der Waals surface area (Å²) >= 11 is 5.87. The number of carbonyl (C=O) groups is 2. The number of hydrogen-bond donors (Lipinski definition) is 1. The number of benzene rings is 2. The van der Waals surface area contributed by atoms with Gasteiger partial charge in [-0.2, -0.15) is 0 Å². The summed E-state index contributed by atoms with van der Waals surface area (Å²) in [5.41, 5.74) is 1.81. The molecule has 29 heavy (non-hydrogen) atoms. The molecular weight excluding hydrogens is 388 g/mol. The number of para-hydroxylation sites is 1. The van der Waals surface area contributed by atoms with Gasteiger partial charge in [-0.3, -0.25) is 9.59 Å². The molecule has 0 radical (unpaired) electrons. The molecule has 6 heteroatoms. The Morgan fingerprint density at radius 3 is 2.52 bits per heavy atom. The molecule has 0 spiro atoms. The monoisotopic (exact) mass is 412 g/mol. The average molecular weight is 413 g/mol. The number of nitrogens with one attached hydrogen (secondary N) is 1. The summed E-state index contributed by atoms with van der Waals surface area (Å²) in [6.07, 6.45) is 6.69. The van der Waals surface area contributed by atoms with E-state index in [1.165, 1.54) is 13.0 Å². The quantitative estimate of drug-likeness (QED) is 0.460. The van der Waals surface area contributed by atoms with Crippen LogP contribution in [0, 0.1) is 0 Å². The van der Waals surface area contributed by atoms with E-state index in [0.717, 1.165) is 11.3 Å². The third kappa shape index (κ3) is 7.47. The van der Waals surface area contributed by atoms with Crippen molar-refractivity contribution >= 4 is 29.0 Å². The largest absolute Gasteiger partial charge is 0.484 e. The molecule has 0 aliphatic rings. The van der Waals surface area contributed by atoms with Crippen molar-refractivity contribution in [2.24, 2.45) is 0 Å². The molecule has 2 aromatic carbocycles. The Kier molecular flexibility index (Phi) is 8.99. The topological polar surface area (TPSA) is 58.6 Å². The number of anilines is 1. The molecule has 0 saturated carbocycles. The van der Waals surface area contributed by atoms with Crippen LogP contribution in [0.1, 0.15) is 19.4 Å². The summed E-state index contributed by atoms with van der Waals surface area (Å²) in [7, 11) is 0. The highest BCUT2D eigenvalue weighted by Crippen LogP contribution is 2.21. The molecule has 0 bridgehead atoms. The maximum atomic E-state index is 12.7. The van der Waals surface area contributed by atoms with Crippen molar-refractivity contribution in [3.8, 4) is 5.75 Å². The van der Waals surface area contributed by atoms with Crippen LogP contribution >= 0.6 is 11.6 Å². The molecule has 0 saturated heterocycles. The number of nitrogens with zero attached hydrogens (tertiary/aromatic N) is 1. The number of ether oxygens (including phenoxy) is 1. The third-order valence-corrected chi connectivity index (χ3v) is 4.28.